The normalized spacial score (nSPS) is 29.3. The summed E-state index contributed by atoms with van der Waals surface area (Å²) in [5.74, 6) is 0. The largest absolute Gasteiger partial charge is 0.311 e. The van der Waals surface area contributed by atoms with E-state index in [1.165, 1.54) is 5.69 Å². The first-order chi connectivity index (χ1) is 6.77. The maximum absolute atomic E-state index is 3.96. The molecule has 0 amide bonds. The van der Waals surface area contributed by atoms with Crippen LogP contribution in [-0.4, -0.2) is 40.3 Å². The molecule has 2 atom stereocenters. The fourth-order valence-electron chi connectivity index (χ4n) is 1.94. The van der Waals surface area contributed by atoms with Crippen LogP contribution in [0.2, 0.25) is 0 Å². The number of hydrogen-bond donors (Lipinski definition) is 2. The van der Waals surface area contributed by atoms with E-state index >= 15 is 0 Å². The van der Waals surface area contributed by atoms with Gasteiger partial charge in [-0.05, 0) is 19.9 Å². The van der Waals surface area contributed by atoms with Crippen LogP contribution in [0.5, 0.6) is 0 Å². The molecule has 2 heterocycles. The zero-order valence-electron chi connectivity index (χ0n) is 8.83. The van der Waals surface area contributed by atoms with Gasteiger partial charge in [-0.15, -0.1) is 0 Å². The highest BCUT2D eigenvalue weighted by atomic mass is 15.2. The number of aromatic amines is 1. The van der Waals surface area contributed by atoms with Crippen molar-refractivity contribution in [3.05, 3.63) is 18.0 Å². The molecule has 0 saturated carbocycles. The van der Waals surface area contributed by atoms with Gasteiger partial charge in [0.1, 0.15) is 0 Å². The molecular weight excluding hydrogens is 176 g/mol. The van der Waals surface area contributed by atoms with Crippen molar-refractivity contribution >= 4 is 0 Å². The van der Waals surface area contributed by atoms with Crippen molar-refractivity contribution in [2.24, 2.45) is 0 Å². The average molecular weight is 194 g/mol. The minimum atomic E-state index is 0.576. The molecule has 2 rings (SSSR count). The molecule has 0 radical (unpaired) electrons. The molecule has 0 bridgehead atoms. The minimum absolute atomic E-state index is 0.576. The van der Waals surface area contributed by atoms with E-state index in [2.05, 4.69) is 34.3 Å². The lowest BCUT2D eigenvalue weighted by Crippen LogP contribution is -2.54. The fraction of sp³-hybridized carbons (Fsp3) is 0.700. The molecule has 1 fully saturated rings. The third-order valence-electron chi connectivity index (χ3n) is 3.10. The van der Waals surface area contributed by atoms with Crippen LogP contribution in [0.4, 0.5) is 0 Å². The first-order valence-electron chi connectivity index (χ1n) is 5.23. The molecule has 1 aromatic heterocycles. The molecular formula is C10H18N4. The Hall–Kier alpha value is -0.870. The standard InChI is InChI=1S/C10H18N4/c1-8-9(2)14(6-5-11-8)7-10-3-4-12-13-10/h3-4,8-9,11H,5-7H2,1-2H3,(H,12,13). The molecule has 2 unspecified atom stereocenters. The van der Waals surface area contributed by atoms with Gasteiger partial charge < -0.3 is 5.32 Å². The summed E-state index contributed by atoms with van der Waals surface area (Å²) in [6, 6.07) is 3.21. The van der Waals surface area contributed by atoms with Gasteiger partial charge in [0.25, 0.3) is 0 Å². The lowest BCUT2D eigenvalue weighted by atomic mass is 10.1. The zero-order chi connectivity index (χ0) is 9.97. The van der Waals surface area contributed by atoms with Crippen molar-refractivity contribution in [2.75, 3.05) is 13.1 Å². The lowest BCUT2D eigenvalue weighted by Gasteiger charge is -2.38. The lowest BCUT2D eigenvalue weighted by molar-refractivity contribution is 0.129. The fourth-order valence-corrected chi connectivity index (χ4v) is 1.94. The number of rotatable bonds is 2. The predicted molar refractivity (Wildman–Crippen MR) is 55.9 cm³/mol. The van der Waals surface area contributed by atoms with E-state index in [9.17, 15) is 0 Å². The SMILES string of the molecule is CC1NCCN(Cc2ccn[nH]2)C1C. The van der Waals surface area contributed by atoms with Crippen LogP contribution in [0.15, 0.2) is 12.3 Å². The van der Waals surface area contributed by atoms with Crippen LogP contribution < -0.4 is 5.32 Å². The molecule has 1 aliphatic heterocycles. The number of hydrogen-bond acceptors (Lipinski definition) is 3. The van der Waals surface area contributed by atoms with Crippen LogP contribution in [0.1, 0.15) is 19.5 Å². The van der Waals surface area contributed by atoms with Crippen molar-refractivity contribution in [1.29, 1.82) is 0 Å². The second-order valence-corrected chi connectivity index (χ2v) is 4.04. The number of nitrogens with one attached hydrogen (secondary N) is 2. The Labute approximate surface area is 84.7 Å². The number of H-pyrrole nitrogens is 1. The van der Waals surface area contributed by atoms with E-state index in [1.807, 2.05) is 12.3 Å². The molecule has 4 heteroatoms. The summed E-state index contributed by atoms with van der Waals surface area (Å²) in [7, 11) is 0. The molecule has 14 heavy (non-hydrogen) atoms. The molecule has 1 aliphatic rings. The van der Waals surface area contributed by atoms with Crippen molar-refractivity contribution in [3.63, 3.8) is 0 Å². The zero-order valence-corrected chi connectivity index (χ0v) is 8.83. The van der Waals surface area contributed by atoms with Gasteiger partial charge in [0.15, 0.2) is 0 Å². The Morgan fingerprint density at radius 3 is 3.14 bits per heavy atom. The Balaban J connectivity index is 1.97. The highest BCUT2D eigenvalue weighted by Gasteiger charge is 2.24. The van der Waals surface area contributed by atoms with Crippen LogP contribution in [0, 0.1) is 0 Å². The molecule has 0 spiro atoms. The van der Waals surface area contributed by atoms with Crippen LogP contribution >= 0.6 is 0 Å². The van der Waals surface area contributed by atoms with E-state index in [1.54, 1.807) is 0 Å². The van der Waals surface area contributed by atoms with Crippen LogP contribution in [0.25, 0.3) is 0 Å². The summed E-state index contributed by atoms with van der Waals surface area (Å²) in [4.78, 5) is 2.48. The van der Waals surface area contributed by atoms with Gasteiger partial charge in [0, 0.05) is 43.6 Å². The number of aromatic nitrogens is 2. The second kappa shape index (κ2) is 4.11. The predicted octanol–water partition coefficient (Wildman–Crippen LogP) is 0.592. The number of piperazine rings is 1. The van der Waals surface area contributed by atoms with Gasteiger partial charge in [-0.2, -0.15) is 5.10 Å². The molecule has 0 aromatic carbocycles. The quantitative estimate of drug-likeness (QED) is 0.724. The summed E-state index contributed by atoms with van der Waals surface area (Å²) in [5.41, 5.74) is 1.20. The second-order valence-electron chi connectivity index (χ2n) is 4.04. The first kappa shape index (κ1) is 9.68. The van der Waals surface area contributed by atoms with Crippen LogP contribution in [-0.2, 0) is 6.54 Å². The molecule has 78 valence electrons. The van der Waals surface area contributed by atoms with Gasteiger partial charge in [0.2, 0.25) is 0 Å². The van der Waals surface area contributed by atoms with Crippen molar-refractivity contribution < 1.29 is 0 Å². The summed E-state index contributed by atoms with van der Waals surface area (Å²) in [6.45, 7) is 7.69. The molecule has 4 nitrogen and oxygen atoms in total. The average Bonchev–Trinajstić information content (AvgIpc) is 2.66. The molecule has 0 aliphatic carbocycles. The smallest absolute Gasteiger partial charge is 0.0492 e. The van der Waals surface area contributed by atoms with Gasteiger partial charge in [-0.1, -0.05) is 0 Å². The van der Waals surface area contributed by atoms with E-state index < -0.39 is 0 Å². The topological polar surface area (TPSA) is 44.0 Å². The van der Waals surface area contributed by atoms with E-state index in [4.69, 9.17) is 0 Å². The van der Waals surface area contributed by atoms with E-state index in [-0.39, 0.29) is 0 Å². The first-order valence-corrected chi connectivity index (χ1v) is 5.23. The van der Waals surface area contributed by atoms with Crippen molar-refractivity contribution in [3.8, 4) is 0 Å². The maximum Gasteiger partial charge on any atom is 0.0492 e. The summed E-state index contributed by atoms with van der Waals surface area (Å²) >= 11 is 0. The Kier molecular flexibility index (Phi) is 2.84. The van der Waals surface area contributed by atoms with E-state index in [0.29, 0.717) is 12.1 Å². The van der Waals surface area contributed by atoms with E-state index in [0.717, 1.165) is 19.6 Å². The summed E-state index contributed by atoms with van der Waals surface area (Å²) in [6.07, 6.45) is 1.81. The van der Waals surface area contributed by atoms with Gasteiger partial charge >= 0.3 is 0 Å². The number of nitrogens with zero attached hydrogens (tertiary/aromatic N) is 2. The highest BCUT2D eigenvalue weighted by Crippen LogP contribution is 2.11. The third-order valence-corrected chi connectivity index (χ3v) is 3.10. The summed E-state index contributed by atoms with van der Waals surface area (Å²) < 4.78 is 0. The Bertz CT molecular complexity index is 270. The van der Waals surface area contributed by atoms with Gasteiger partial charge in [-0.25, -0.2) is 0 Å². The molecule has 1 aromatic rings. The van der Waals surface area contributed by atoms with Crippen LogP contribution in [0.3, 0.4) is 0 Å². The third kappa shape index (κ3) is 1.96. The minimum Gasteiger partial charge on any atom is -0.311 e. The van der Waals surface area contributed by atoms with Gasteiger partial charge in [0.05, 0.1) is 0 Å². The maximum atomic E-state index is 3.96. The monoisotopic (exact) mass is 194 g/mol. The summed E-state index contributed by atoms with van der Waals surface area (Å²) in [5, 5.41) is 10.4. The highest BCUT2D eigenvalue weighted by molar-refractivity contribution is 4.98. The molecule has 2 N–H and O–H groups in total. The van der Waals surface area contributed by atoms with Crippen molar-refractivity contribution in [2.45, 2.75) is 32.5 Å². The van der Waals surface area contributed by atoms with Gasteiger partial charge in [-0.3, -0.25) is 10.00 Å². The Morgan fingerprint density at radius 2 is 2.43 bits per heavy atom. The Morgan fingerprint density at radius 1 is 1.57 bits per heavy atom. The van der Waals surface area contributed by atoms with Crippen molar-refractivity contribution in [1.82, 2.24) is 20.4 Å². The molecule has 1 saturated heterocycles.